The fraction of sp³-hybridized carbons (Fsp3) is 0.250. The van der Waals surface area contributed by atoms with Gasteiger partial charge in [0.05, 0.1) is 28.5 Å². The summed E-state index contributed by atoms with van der Waals surface area (Å²) in [6.45, 7) is 1.59. The van der Waals surface area contributed by atoms with Gasteiger partial charge in [-0.25, -0.2) is 9.67 Å². The summed E-state index contributed by atoms with van der Waals surface area (Å²) in [5, 5.41) is 19.5. The second-order valence-electron chi connectivity index (χ2n) is 9.05. The average Bonchev–Trinajstić information content (AvgIpc) is 3.72. The zero-order valence-electron chi connectivity index (χ0n) is 22.0. The van der Waals surface area contributed by atoms with Crippen LogP contribution in [-0.4, -0.2) is 70.4 Å². The lowest BCUT2D eigenvalue weighted by atomic mass is 10.1. The number of carbonyl (C=O) groups is 2. The van der Waals surface area contributed by atoms with E-state index in [4.69, 9.17) is 23.2 Å². The van der Waals surface area contributed by atoms with E-state index >= 15 is 0 Å². The summed E-state index contributed by atoms with van der Waals surface area (Å²) in [7, 11) is 0. The van der Waals surface area contributed by atoms with E-state index in [0.717, 1.165) is 4.68 Å². The van der Waals surface area contributed by atoms with Gasteiger partial charge in [-0.3, -0.25) is 14.6 Å². The Morgan fingerprint density at radius 3 is 2.52 bits per heavy atom. The predicted octanol–water partition coefficient (Wildman–Crippen LogP) is 4.66. The van der Waals surface area contributed by atoms with Crippen molar-refractivity contribution in [2.75, 3.05) is 17.6 Å². The van der Waals surface area contributed by atoms with E-state index in [2.05, 4.69) is 41.1 Å². The van der Waals surface area contributed by atoms with Crippen LogP contribution in [0.25, 0.3) is 5.82 Å². The van der Waals surface area contributed by atoms with Crippen molar-refractivity contribution in [3.63, 3.8) is 0 Å². The molecule has 0 atom stereocenters. The maximum atomic E-state index is 13.7. The van der Waals surface area contributed by atoms with Crippen molar-refractivity contribution in [2.24, 2.45) is 4.99 Å². The van der Waals surface area contributed by atoms with Crippen LogP contribution in [0.5, 0.6) is 0 Å². The summed E-state index contributed by atoms with van der Waals surface area (Å²) in [6.07, 6.45) is -4.58. The number of amidine groups is 1. The zero-order chi connectivity index (χ0) is 31.8. The molecule has 1 aromatic carbocycles. The molecule has 2 N–H and O–H groups in total. The van der Waals surface area contributed by atoms with Gasteiger partial charge in [0.1, 0.15) is 12.2 Å². The van der Waals surface area contributed by atoms with Gasteiger partial charge in [-0.1, -0.05) is 35.0 Å². The molecule has 0 spiro atoms. The van der Waals surface area contributed by atoms with E-state index in [9.17, 15) is 31.5 Å². The number of alkyl halides is 5. The van der Waals surface area contributed by atoms with Gasteiger partial charge in [0.25, 0.3) is 17.6 Å². The number of thioether (sulfide) groups is 1. The molecule has 0 radical (unpaired) electrons. The van der Waals surface area contributed by atoms with E-state index in [1.165, 1.54) is 48.3 Å². The maximum absolute atomic E-state index is 13.7. The van der Waals surface area contributed by atoms with Crippen molar-refractivity contribution in [3.05, 3.63) is 74.9 Å². The van der Waals surface area contributed by atoms with Gasteiger partial charge < -0.3 is 10.6 Å². The molecule has 5 rings (SSSR count). The van der Waals surface area contributed by atoms with E-state index < -0.39 is 36.3 Å². The lowest BCUT2D eigenvalue weighted by Crippen LogP contribution is -2.35. The largest absolute Gasteiger partial charge is 0.461 e. The van der Waals surface area contributed by atoms with Crippen molar-refractivity contribution in [1.29, 1.82) is 0 Å². The molecule has 0 unspecified atom stereocenters. The molecule has 0 saturated heterocycles. The first-order valence-electron chi connectivity index (χ1n) is 12.3. The molecule has 1 aliphatic rings. The number of amides is 2. The number of hydrogen-bond donors (Lipinski definition) is 2. The molecule has 0 fully saturated rings. The third-order valence-electron chi connectivity index (χ3n) is 5.91. The Bertz CT molecular complexity index is 1790. The van der Waals surface area contributed by atoms with Crippen LogP contribution in [0.4, 0.5) is 27.6 Å². The highest BCUT2D eigenvalue weighted by Crippen LogP contribution is 2.42. The fourth-order valence-electron chi connectivity index (χ4n) is 3.91. The van der Waals surface area contributed by atoms with Gasteiger partial charge >= 0.3 is 12.1 Å². The number of pyridine rings is 1. The number of aliphatic imine (C=N–C) groups is 1. The quantitative estimate of drug-likeness (QED) is 0.270. The number of anilines is 1. The Morgan fingerprint density at radius 2 is 1.84 bits per heavy atom. The molecule has 1 aliphatic heterocycles. The Kier molecular flexibility index (Phi) is 8.59. The van der Waals surface area contributed by atoms with Gasteiger partial charge in [-0.2, -0.15) is 31.8 Å². The molecule has 0 aliphatic carbocycles. The van der Waals surface area contributed by atoms with E-state index in [-0.39, 0.29) is 38.5 Å². The monoisotopic (exact) mass is 674 g/mol. The van der Waals surface area contributed by atoms with Gasteiger partial charge in [-0.15, -0.1) is 10.2 Å². The first-order chi connectivity index (χ1) is 20.7. The summed E-state index contributed by atoms with van der Waals surface area (Å²) >= 11 is 13.8. The number of benzene rings is 1. The van der Waals surface area contributed by atoms with Crippen molar-refractivity contribution in [1.82, 2.24) is 40.3 Å². The number of nitrogens with one attached hydrogen (secondary N) is 2. The number of tetrazole rings is 1. The van der Waals surface area contributed by atoms with Gasteiger partial charge in [0.2, 0.25) is 0 Å². The van der Waals surface area contributed by atoms with E-state index in [0.29, 0.717) is 27.8 Å². The maximum Gasteiger partial charge on any atom is 0.461 e. The molecular weight excluding hydrogens is 658 g/mol. The number of aromatic nitrogens is 7. The second-order valence-corrected chi connectivity index (χ2v) is 11.0. The predicted molar refractivity (Wildman–Crippen MR) is 150 cm³/mol. The third-order valence-corrected chi connectivity index (χ3v) is 7.32. The normalized spacial score (nSPS) is 13.6. The number of carbonyl (C=O) groups excluding carboxylic acids is 2. The van der Waals surface area contributed by atoms with Gasteiger partial charge in [0.15, 0.2) is 11.0 Å². The summed E-state index contributed by atoms with van der Waals surface area (Å²) < 4.78 is 66.6. The Labute approximate surface area is 258 Å². The van der Waals surface area contributed by atoms with Crippen molar-refractivity contribution >= 4 is 57.6 Å². The minimum Gasteiger partial charge on any atom is -0.320 e. The fourth-order valence-corrected chi connectivity index (χ4v) is 5.11. The summed E-state index contributed by atoms with van der Waals surface area (Å²) in [5.41, 5.74) is 0.324. The molecule has 0 bridgehead atoms. The second kappa shape index (κ2) is 12.1. The first-order valence-corrected chi connectivity index (χ1v) is 14.0. The molecule has 4 heterocycles. The van der Waals surface area contributed by atoms with Crippen LogP contribution in [0.1, 0.15) is 37.9 Å². The molecule has 2 amide bonds. The molecule has 4 aromatic rings. The van der Waals surface area contributed by atoms with E-state index in [1.54, 1.807) is 6.92 Å². The molecule has 0 saturated carbocycles. The smallest absolute Gasteiger partial charge is 0.320 e. The van der Waals surface area contributed by atoms with Crippen molar-refractivity contribution in [2.45, 2.75) is 25.6 Å². The standard InChI is InChI=1S/C24H17Cl2F5N10O2S/c1-11-7-12(25)8-14(19(42)35-22-33-5-6-44-22)17(11)34-20(43)16-9-13(37-41(16)18-15(26)3-2-4-32-18)10-40-38-21(36-39-40)23(27,28)24(29,30)31/h2-4,7-9H,5-6,10H2,1H3,(H,34,43)(H,33,35,42). The van der Waals surface area contributed by atoms with Gasteiger partial charge in [0, 0.05) is 17.0 Å². The minimum absolute atomic E-state index is 0.0107. The zero-order valence-corrected chi connectivity index (χ0v) is 24.4. The van der Waals surface area contributed by atoms with Crippen LogP contribution in [-0.2, 0) is 12.5 Å². The Balaban J connectivity index is 1.49. The number of hydrogen-bond acceptors (Lipinski definition) is 9. The van der Waals surface area contributed by atoms with Gasteiger partial charge in [-0.05, 0) is 48.0 Å². The van der Waals surface area contributed by atoms with Crippen LogP contribution in [0.15, 0.2) is 41.5 Å². The summed E-state index contributed by atoms with van der Waals surface area (Å²) in [5.74, 6) is -7.91. The summed E-state index contributed by atoms with van der Waals surface area (Å²) in [6, 6.07) is 7.07. The number of halogens is 7. The Hall–Kier alpha value is -4.16. The molecule has 20 heteroatoms. The van der Waals surface area contributed by atoms with Crippen LogP contribution >= 0.6 is 35.0 Å². The highest BCUT2D eigenvalue weighted by molar-refractivity contribution is 8.14. The molecule has 44 heavy (non-hydrogen) atoms. The van der Waals surface area contributed by atoms with Crippen LogP contribution < -0.4 is 10.6 Å². The highest BCUT2D eigenvalue weighted by Gasteiger charge is 2.62. The number of aryl methyl sites for hydroxylation is 1. The SMILES string of the molecule is Cc1cc(Cl)cc(C(=O)NC2=NCCS2)c1NC(=O)c1cc(Cn2nnc(C(F)(F)C(F)(F)F)n2)nn1-c1ncccc1Cl. The van der Waals surface area contributed by atoms with Crippen molar-refractivity contribution < 1.29 is 31.5 Å². The lowest BCUT2D eigenvalue weighted by molar-refractivity contribution is -0.292. The highest BCUT2D eigenvalue weighted by atomic mass is 35.5. The van der Waals surface area contributed by atoms with E-state index in [1.807, 2.05) is 0 Å². The first kappa shape index (κ1) is 31.3. The summed E-state index contributed by atoms with van der Waals surface area (Å²) in [4.78, 5) is 35.6. The minimum atomic E-state index is -5.94. The lowest BCUT2D eigenvalue weighted by Gasteiger charge is -2.15. The van der Waals surface area contributed by atoms with Crippen LogP contribution in [0, 0.1) is 6.92 Å². The molecule has 12 nitrogen and oxygen atoms in total. The van der Waals surface area contributed by atoms with Crippen molar-refractivity contribution in [3.8, 4) is 5.82 Å². The molecular formula is C24H17Cl2F5N10O2S. The molecule has 230 valence electrons. The average molecular weight is 675 g/mol. The molecule has 3 aromatic heterocycles. The number of nitrogens with zero attached hydrogens (tertiary/aromatic N) is 8. The Morgan fingerprint density at radius 1 is 1.07 bits per heavy atom. The van der Waals surface area contributed by atoms with Crippen LogP contribution in [0.2, 0.25) is 10.0 Å². The third kappa shape index (κ3) is 6.36. The number of rotatable bonds is 7. The van der Waals surface area contributed by atoms with Crippen LogP contribution in [0.3, 0.4) is 0 Å². The topological polar surface area (TPSA) is 145 Å².